The van der Waals surface area contributed by atoms with Crippen molar-refractivity contribution in [2.75, 3.05) is 5.32 Å². The molecule has 1 aromatic heterocycles. The Morgan fingerprint density at radius 1 is 0.971 bits per heavy atom. The van der Waals surface area contributed by atoms with Gasteiger partial charge >= 0.3 is 12.1 Å². The van der Waals surface area contributed by atoms with Crippen LogP contribution in [0.4, 0.5) is 23.2 Å². The number of alkyl halides is 3. The van der Waals surface area contributed by atoms with Gasteiger partial charge in [-0.25, -0.2) is 14.2 Å². The third-order valence-electron chi connectivity index (χ3n) is 5.29. The molecule has 34 heavy (non-hydrogen) atoms. The first-order valence-corrected chi connectivity index (χ1v) is 9.97. The fraction of sp³-hybridized carbons (Fsp3) is 0.0800. The second kappa shape index (κ2) is 8.58. The van der Waals surface area contributed by atoms with Crippen LogP contribution in [0.25, 0.3) is 22.2 Å². The molecular formula is C25H16F4N2O3. The van der Waals surface area contributed by atoms with E-state index in [4.69, 9.17) is 5.11 Å². The molecule has 4 rings (SSSR count). The molecular weight excluding hydrogens is 452 g/mol. The zero-order valence-corrected chi connectivity index (χ0v) is 17.6. The van der Waals surface area contributed by atoms with E-state index in [0.29, 0.717) is 16.8 Å². The smallest absolute Gasteiger partial charge is 0.416 e. The monoisotopic (exact) mass is 468 g/mol. The van der Waals surface area contributed by atoms with E-state index in [1.165, 1.54) is 6.07 Å². The zero-order chi connectivity index (χ0) is 24.6. The summed E-state index contributed by atoms with van der Waals surface area (Å²) in [7, 11) is 0. The van der Waals surface area contributed by atoms with Gasteiger partial charge < -0.3 is 10.4 Å². The van der Waals surface area contributed by atoms with Crippen molar-refractivity contribution in [3.05, 3.63) is 94.8 Å². The van der Waals surface area contributed by atoms with Crippen LogP contribution in [0.1, 0.15) is 31.8 Å². The molecule has 5 nitrogen and oxygen atoms in total. The number of benzene rings is 3. The number of fused-ring (bicyclic) bond motifs is 1. The summed E-state index contributed by atoms with van der Waals surface area (Å²) in [5.74, 6) is -3.20. The largest absolute Gasteiger partial charge is 0.478 e. The van der Waals surface area contributed by atoms with Crippen LogP contribution in [-0.4, -0.2) is 22.0 Å². The second-order valence-corrected chi connectivity index (χ2v) is 7.51. The van der Waals surface area contributed by atoms with E-state index >= 15 is 0 Å². The predicted octanol–water partition coefficient (Wildman–Crippen LogP) is 6.32. The average Bonchev–Trinajstić information content (AvgIpc) is 2.79. The number of nitrogens with one attached hydrogen (secondary N) is 1. The number of hydrogen-bond acceptors (Lipinski definition) is 3. The highest BCUT2D eigenvalue weighted by molar-refractivity contribution is 6.14. The van der Waals surface area contributed by atoms with Gasteiger partial charge in [-0.15, -0.1) is 0 Å². The van der Waals surface area contributed by atoms with Gasteiger partial charge in [0.1, 0.15) is 5.82 Å². The normalized spacial score (nSPS) is 11.4. The highest BCUT2D eigenvalue weighted by Gasteiger charge is 2.31. The lowest BCUT2D eigenvalue weighted by Gasteiger charge is -2.16. The van der Waals surface area contributed by atoms with Crippen molar-refractivity contribution in [1.82, 2.24) is 4.98 Å². The van der Waals surface area contributed by atoms with E-state index in [-0.39, 0.29) is 27.7 Å². The summed E-state index contributed by atoms with van der Waals surface area (Å²) in [4.78, 5) is 28.8. The van der Waals surface area contributed by atoms with Crippen LogP contribution in [0.3, 0.4) is 0 Å². The maximum atomic E-state index is 14.4. The van der Waals surface area contributed by atoms with Crippen LogP contribution in [-0.2, 0) is 6.18 Å². The number of halogens is 4. The molecule has 0 atom stereocenters. The number of aromatic nitrogens is 1. The van der Waals surface area contributed by atoms with Crippen molar-refractivity contribution >= 4 is 28.5 Å². The van der Waals surface area contributed by atoms with Gasteiger partial charge in [0, 0.05) is 10.9 Å². The Morgan fingerprint density at radius 3 is 2.29 bits per heavy atom. The number of nitrogens with zero attached hydrogens (tertiary/aromatic N) is 1. The van der Waals surface area contributed by atoms with Crippen LogP contribution in [0.2, 0.25) is 0 Å². The highest BCUT2D eigenvalue weighted by Crippen LogP contribution is 2.35. The van der Waals surface area contributed by atoms with Crippen molar-refractivity contribution < 1.29 is 32.3 Å². The molecule has 0 unspecified atom stereocenters. The second-order valence-electron chi connectivity index (χ2n) is 7.51. The van der Waals surface area contributed by atoms with Gasteiger partial charge in [-0.3, -0.25) is 4.79 Å². The molecule has 4 aromatic rings. The summed E-state index contributed by atoms with van der Waals surface area (Å²) < 4.78 is 54.6. The summed E-state index contributed by atoms with van der Waals surface area (Å²) in [6, 6.07) is 14.6. The van der Waals surface area contributed by atoms with Gasteiger partial charge in [0.15, 0.2) is 0 Å². The third kappa shape index (κ3) is 4.32. The summed E-state index contributed by atoms with van der Waals surface area (Å²) in [5, 5.41) is 11.3. The van der Waals surface area contributed by atoms with Crippen LogP contribution in [0, 0.1) is 12.7 Å². The van der Waals surface area contributed by atoms with E-state index in [9.17, 15) is 27.2 Å². The molecule has 0 radical (unpaired) electrons. The van der Waals surface area contributed by atoms with E-state index in [2.05, 4.69) is 10.3 Å². The first kappa shape index (κ1) is 22.9. The molecule has 0 saturated heterocycles. The number of rotatable bonds is 4. The third-order valence-corrected chi connectivity index (χ3v) is 5.29. The molecule has 2 N–H and O–H groups in total. The molecule has 0 saturated carbocycles. The van der Waals surface area contributed by atoms with Crippen molar-refractivity contribution in [2.24, 2.45) is 0 Å². The number of carbonyl (C=O) groups is 2. The molecule has 0 spiro atoms. The van der Waals surface area contributed by atoms with Gasteiger partial charge in [0.05, 0.1) is 33.6 Å². The number of anilines is 1. The van der Waals surface area contributed by atoms with Crippen molar-refractivity contribution in [1.29, 1.82) is 0 Å². The molecule has 3 aromatic carbocycles. The number of carboxylic acids is 1. The van der Waals surface area contributed by atoms with E-state index in [1.807, 2.05) is 0 Å². The SMILES string of the molecule is Cc1c(-c2ccccc2)nc2ccc(C(F)(F)F)cc2c1C(=O)Nc1ccc(C(=O)O)cc1F. The van der Waals surface area contributed by atoms with E-state index in [0.717, 1.165) is 30.3 Å². The summed E-state index contributed by atoms with van der Waals surface area (Å²) in [6.45, 7) is 1.55. The van der Waals surface area contributed by atoms with Gasteiger partial charge in [0.2, 0.25) is 0 Å². The highest BCUT2D eigenvalue weighted by atomic mass is 19.4. The molecule has 172 valence electrons. The Kier molecular flexibility index (Phi) is 5.78. The number of pyridine rings is 1. The number of carboxylic acid groups (broad SMARTS) is 1. The van der Waals surface area contributed by atoms with Crippen molar-refractivity contribution in [2.45, 2.75) is 13.1 Å². The Balaban J connectivity index is 1.90. The summed E-state index contributed by atoms with van der Waals surface area (Å²) >= 11 is 0. The minimum atomic E-state index is -4.65. The summed E-state index contributed by atoms with van der Waals surface area (Å²) in [6.07, 6.45) is -4.65. The molecule has 0 aliphatic heterocycles. The fourth-order valence-corrected chi connectivity index (χ4v) is 3.64. The van der Waals surface area contributed by atoms with Crippen LogP contribution < -0.4 is 5.32 Å². The Labute approximate surface area is 190 Å². The minimum Gasteiger partial charge on any atom is -0.478 e. The lowest BCUT2D eigenvalue weighted by molar-refractivity contribution is -0.137. The molecule has 1 heterocycles. The van der Waals surface area contributed by atoms with Crippen LogP contribution in [0.5, 0.6) is 0 Å². The van der Waals surface area contributed by atoms with Gasteiger partial charge in [-0.2, -0.15) is 13.2 Å². The standard InChI is InChI=1S/C25H16F4N2O3/c1-13-21(23(32)31-20-9-7-15(24(33)34)11-18(20)26)17-12-16(25(27,28)29)8-10-19(17)30-22(13)14-5-3-2-4-6-14/h2-12H,1H3,(H,31,32)(H,33,34). The van der Waals surface area contributed by atoms with Crippen molar-refractivity contribution in [3.63, 3.8) is 0 Å². The molecule has 1 amide bonds. The predicted molar refractivity (Wildman–Crippen MR) is 118 cm³/mol. The summed E-state index contributed by atoms with van der Waals surface area (Å²) in [5.41, 5.74) is -0.193. The quantitative estimate of drug-likeness (QED) is 0.344. The molecule has 0 bridgehead atoms. The van der Waals surface area contributed by atoms with Gasteiger partial charge in [-0.05, 0) is 48.9 Å². The number of aromatic carboxylic acids is 1. The topological polar surface area (TPSA) is 79.3 Å². The first-order valence-electron chi connectivity index (χ1n) is 9.97. The number of hydrogen-bond donors (Lipinski definition) is 2. The van der Waals surface area contributed by atoms with E-state index < -0.39 is 29.4 Å². The first-order chi connectivity index (χ1) is 16.1. The van der Waals surface area contributed by atoms with Crippen molar-refractivity contribution in [3.8, 4) is 11.3 Å². The van der Waals surface area contributed by atoms with E-state index in [1.54, 1.807) is 37.3 Å². The lowest BCUT2D eigenvalue weighted by Crippen LogP contribution is -2.17. The zero-order valence-electron chi connectivity index (χ0n) is 17.6. The Morgan fingerprint density at radius 2 is 1.68 bits per heavy atom. The Hall–Kier alpha value is -4.27. The Bertz CT molecular complexity index is 1430. The molecule has 0 aliphatic carbocycles. The molecule has 0 fully saturated rings. The molecule has 9 heteroatoms. The molecule has 0 aliphatic rings. The maximum Gasteiger partial charge on any atom is 0.416 e. The van der Waals surface area contributed by atoms with Crippen LogP contribution in [0.15, 0.2) is 66.7 Å². The van der Waals surface area contributed by atoms with Gasteiger partial charge in [-0.1, -0.05) is 30.3 Å². The minimum absolute atomic E-state index is 0.0490. The van der Waals surface area contributed by atoms with Crippen LogP contribution >= 0.6 is 0 Å². The average molecular weight is 468 g/mol. The fourth-order valence-electron chi connectivity index (χ4n) is 3.64. The number of carbonyl (C=O) groups excluding carboxylic acids is 1. The number of amides is 1. The van der Waals surface area contributed by atoms with Gasteiger partial charge in [0.25, 0.3) is 5.91 Å². The lowest BCUT2D eigenvalue weighted by atomic mass is 9.96. The maximum absolute atomic E-state index is 14.4.